The van der Waals surface area contributed by atoms with Crippen LogP contribution in [0, 0.1) is 6.92 Å². The first-order valence-corrected chi connectivity index (χ1v) is 16.9. The van der Waals surface area contributed by atoms with Gasteiger partial charge in [-0.25, -0.2) is 20.0 Å². The van der Waals surface area contributed by atoms with E-state index in [-0.39, 0.29) is 29.5 Å². The summed E-state index contributed by atoms with van der Waals surface area (Å²) >= 11 is 0. The van der Waals surface area contributed by atoms with Crippen molar-refractivity contribution in [2.45, 2.75) is 86.0 Å². The topological polar surface area (TPSA) is 50.5 Å². The van der Waals surface area contributed by atoms with Gasteiger partial charge in [-0.1, -0.05) is 152 Å². The molecule has 0 bridgehead atoms. The van der Waals surface area contributed by atoms with Crippen molar-refractivity contribution in [2.24, 2.45) is 9.98 Å². The van der Waals surface area contributed by atoms with Crippen molar-refractivity contribution in [1.82, 2.24) is 9.97 Å². The predicted octanol–water partition coefficient (Wildman–Crippen LogP) is 12.0. The van der Waals surface area contributed by atoms with Crippen molar-refractivity contribution < 1.29 is 17.1 Å². The van der Waals surface area contributed by atoms with Crippen LogP contribution in [0.1, 0.15) is 130 Å². The monoisotopic (exact) mass is 712 g/mol. The molecule has 1 aromatic heterocycles. The molecule has 1 heterocycles. The van der Waals surface area contributed by atoms with Crippen LogP contribution in [0.2, 0.25) is 0 Å². The molecular weight excluding hydrogens is 664 g/mol. The van der Waals surface area contributed by atoms with E-state index in [1.165, 1.54) is 22.3 Å². The van der Waals surface area contributed by atoms with Crippen molar-refractivity contribution in [1.29, 1.82) is 0 Å². The minimum absolute atomic E-state index is 0. The number of hydrogen-bond donors (Lipinski definition) is 0. The van der Waals surface area contributed by atoms with E-state index < -0.39 is 0 Å². The Hall–Kier alpha value is -3.89. The number of hydrogen-bond acceptors (Lipinski definition) is 4. The van der Waals surface area contributed by atoms with Crippen LogP contribution in [-0.4, -0.2) is 21.4 Å². The third-order valence-corrected chi connectivity index (χ3v) is 8.54. The maximum Gasteiger partial charge on any atom is 0.179 e. The zero-order chi connectivity index (χ0) is 33.7. The summed E-state index contributed by atoms with van der Waals surface area (Å²) in [6.07, 6.45) is 0. The molecule has 0 saturated carbocycles. The molecule has 5 rings (SSSR count). The zero-order valence-electron chi connectivity index (χ0n) is 30.2. The Bertz CT molecular complexity index is 1710. The third-order valence-electron chi connectivity index (χ3n) is 8.54. The van der Waals surface area contributed by atoms with Gasteiger partial charge >= 0.3 is 0 Å². The van der Waals surface area contributed by atoms with Crippen molar-refractivity contribution in [2.75, 3.05) is 0 Å². The molecule has 49 heavy (non-hydrogen) atoms. The quantitative estimate of drug-likeness (QED) is 0.107. The maximum atomic E-state index is 5.50. The van der Waals surface area contributed by atoms with Gasteiger partial charge in [0.05, 0.1) is 22.8 Å². The molecule has 0 fully saturated rings. The molecule has 0 aliphatic rings. The van der Waals surface area contributed by atoms with Crippen molar-refractivity contribution in [3.63, 3.8) is 0 Å². The minimum Gasteiger partial charge on any atom is -0.246 e. The Morgan fingerprint density at radius 2 is 0.857 bits per heavy atom. The minimum atomic E-state index is 0. The maximum absolute atomic E-state index is 5.50. The van der Waals surface area contributed by atoms with E-state index >= 15 is 0 Å². The molecule has 0 aliphatic heterocycles. The normalized spacial score (nSPS) is 12.0. The molecule has 0 N–H and O–H groups in total. The van der Waals surface area contributed by atoms with Gasteiger partial charge in [-0.3, -0.25) is 0 Å². The van der Waals surface area contributed by atoms with Crippen LogP contribution in [0.15, 0.2) is 113 Å². The van der Waals surface area contributed by atoms with E-state index in [9.17, 15) is 0 Å². The van der Waals surface area contributed by atoms with Gasteiger partial charge in [0.25, 0.3) is 0 Å². The predicted molar refractivity (Wildman–Crippen MR) is 207 cm³/mol. The Kier molecular flexibility index (Phi) is 14.3. The van der Waals surface area contributed by atoms with Gasteiger partial charge in [0.15, 0.2) is 5.82 Å². The number of aliphatic imine (C=N–C) groups is 2. The summed E-state index contributed by atoms with van der Waals surface area (Å²) in [7, 11) is 0. The van der Waals surface area contributed by atoms with Gasteiger partial charge < -0.3 is 0 Å². The van der Waals surface area contributed by atoms with Gasteiger partial charge in [0.2, 0.25) is 0 Å². The van der Waals surface area contributed by atoms with E-state index in [0.29, 0.717) is 29.5 Å². The molecule has 0 aliphatic carbocycles. The second kappa shape index (κ2) is 17.7. The van der Waals surface area contributed by atoms with E-state index in [4.69, 9.17) is 20.0 Å². The molecule has 0 saturated heterocycles. The van der Waals surface area contributed by atoms with Crippen molar-refractivity contribution in [3.8, 4) is 0 Å². The molecule has 5 aromatic rings. The van der Waals surface area contributed by atoms with E-state index in [0.717, 1.165) is 45.3 Å². The zero-order valence-corrected chi connectivity index (χ0v) is 32.1. The molecule has 0 unspecified atom stereocenters. The number of benzene rings is 4. The first-order chi connectivity index (χ1) is 22.5. The molecule has 0 atom stereocenters. The van der Waals surface area contributed by atoms with Gasteiger partial charge in [0.1, 0.15) is 5.71 Å². The Morgan fingerprint density at radius 3 is 1.24 bits per heavy atom. The van der Waals surface area contributed by atoms with Crippen LogP contribution in [0.5, 0.6) is 0 Å². The van der Waals surface area contributed by atoms with E-state index in [1.807, 2.05) is 37.3 Å². The Labute approximate surface area is 310 Å². The number of aryl methyl sites for hydroxylation is 1. The standard InChI is InChI=1S/C43H48N4.ClH.Fe/c1-27(2)34-22-16-23-35(28(3)4)41(34)46-39(32-18-12-10-13-19-32)38-26-31(9)44-43(45-38)40(33-20-14-11-15-21-33)47-42-36(29(5)6)24-17-25-37(42)30(7)8;;/h10-30H,1-9H3;1H;/b46-39+,47-40+;;. The van der Waals surface area contributed by atoms with E-state index in [2.05, 4.69) is 128 Å². The van der Waals surface area contributed by atoms with Crippen LogP contribution in [0.3, 0.4) is 0 Å². The summed E-state index contributed by atoms with van der Waals surface area (Å²) in [6, 6.07) is 35.8. The fourth-order valence-electron chi connectivity index (χ4n) is 6.01. The van der Waals surface area contributed by atoms with Crippen molar-refractivity contribution >= 4 is 35.2 Å². The number of para-hydroxylation sites is 2. The molecule has 6 heteroatoms. The molecular formula is C43H49ClFeN4. The molecule has 256 valence electrons. The fourth-order valence-corrected chi connectivity index (χ4v) is 6.01. The number of halogens is 1. The Balaban J connectivity index is 0.00000325. The Morgan fingerprint density at radius 1 is 0.490 bits per heavy atom. The molecule has 0 spiro atoms. The average Bonchev–Trinajstić information content (AvgIpc) is 3.06. The summed E-state index contributed by atoms with van der Waals surface area (Å²) < 4.78 is 0. The van der Waals surface area contributed by atoms with Gasteiger partial charge in [-0.05, 0) is 58.9 Å². The average molecular weight is 713 g/mol. The fraction of sp³-hybridized carbons (Fsp3) is 0.302. The second-order valence-corrected chi connectivity index (χ2v) is 13.6. The SMILES string of the molecule is Cc1cc(/C(=N/c2c(C(C)C)cccc2C(C)C)c2ccccc2)nc(/C(=N/c2c(C(C)C)cccc2C(C)C)c2ccccc2)n1.Cl.[Fe]. The van der Waals surface area contributed by atoms with Gasteiger partial charge in [-0.15, -0.1) is 12.4 Å². The first-order valence-electron chi connectivity index (χ1n) is 16.9. The summed E-state index contributed by atoms with van der Waals surface area (Å²) in [6.45, 7) is 19.9. The smallest absolute Gasteiger partial charge is 0.179 e. The summed E-state index contributed by atoms with van der Waals surface area (Å²) in [5, 5.41) is 0. The number of aromatic nitrogens is 2. The molecule has 4 aromatic carbocycles. The number of nitrogens with zero attached hydrogens (tertiary/aromatic N) is 4. The van der Waals surface area contributed by atoms with Crippen molar-refractivity contribution in [3.05, 3.63) is 154 Å². The summed E-state index contributed by atoms with van der Waals surface area (Å²) in [5.41, 5.74) is 12.1. The molecule has 0 radical (unpaired) electrons. The third kappa shape index (κ3) is 9.22. The van der Waals surface area contributed by atoms with Crippen LogP contribution in [-0.2, 0) is 17.1 Å². The molecule has 4 nitrogen and oxygen atoms in total. The van der Waals surface area contributed by atoms with E-state index in [1.54, 1.807) is 0 Å². The van der Waals surface area contributed by atoms with Crippen LogP contribution in [0.4, 0.5) is 11.4 Å². The van der Waals surface area contributed by atoms with Gasteiger partial charge in [-0.2, -0.15) is 0 Å². The summed E-state index contributed by atoms with van der Waals surface area (Å²) in [5.74, 6) is 1.85. The van der Waals surface area contributed by atoms with Gasteiger partial charge in [0, 0.05) is 33.9 Å². The second-order valence-electron chi connectivity index (χ2n) is 13.6. The first kappa shape index (κ1) is 39.5. The van der Waals surface area contributed by atoms with Crippen LogP contribution in [0.25, 0.3) is 0 Å². The summed E-state index contributed by atoms with van der Waals surface area (Å²) in [4.78, 5) is 21.3. The molecule has 0 amide bonds. The van der Waals surface area contributed by atoms with Crippen LogP contribution < -0.4 is 0 Å². The van der Waals surface area contributed by atoms with Crippen LogP contribution >= 0.6 is 12.4 Å². The number of rotatable bonds is 10. The largest absolute Gasteiger partial charge is 0.246 e.